The Kier molecular flexibility index (Phi) is 2.39. The topological polar surface area (TPSA) is 12.0 Å². The van der Waals surface area contributed by atoms with Crippen molar-refractivity contribution in [2.45, 2.75) is 44.7 Å². The molecule has 1 heterocycles. The first kappa shape index (κ1) is 8.89. The van der Waals surface area contributed by atoms with E-state index in [0.29, 0.717) is 5.54 Å². The molecule has 0 radical (unpaired) electrons. The van der Waals surface area contributed by atoms with Crippen LogP contribution in [0.5, 0.6) is 0 Å². The standard InChI is InChI=1S/C10H19NS/c1-3-8-6-12-7-9(8)11-10(2)4-5-10/h8-9,11H,3-7H2,1-2H3. The van der Waals surface area contributed by atoms with Crippen LogP contribution in [0.15, 0.2) is 0 Å². The molecule has 12 heavy (non-hydrogen) atoms. The fourth-order valence-corrected chi connectivity index (χ4v) is 3.46. The van der Waals surface area contributed by atoms with E-state index < -0.39 is 0 Å². The average Bonchev–Trinajstić information content (AvgIpc) is 2.64. The van der Waals surface area contributed by atoms with Gasteiger partial charge in [-0.05, 0) is 31.4 Å². The maximum atomic E-state index is 3.81. The first-order chi connectivity index (χ1) is 5.73. The number of thioether (sulfide) groups is 1. The van der Waals surface area contributed by atoms with Gasteiger partial charge in [0.1, 0.15) is 0 Å². The van der Waals surface area contributed by atoms with Crippen LogP contribution in [0.2, 0.25) is 0 Å². The minimum Gasteiger partial charge on any atom is -0.308 e. The van der Waals surface area contributed by atoms with Gasteiger partial charge in [0, 0.05) is 17.3 Å². The summed E-state index contributed by atoms with van der Waals surface area (Å²) < 4.78 is 0. The SMILES string of the molecule is CCC1CSCC1NC1(C)CC1. The smallest absolute Gasteiger partial charge is 0.0199 e. The summed E-state index contributed by atoms with van der Waals surface area (Å²) in [4.78, 5) is 0. The fraction of sp³-hybridized carbons (Fsp3) is 1.00. The van der Waals surface area contributed by atoms with Crippen molar-refractivity contribution in [3.63, 3.8) is 0 Å². The van der Waals surface area contributed by atoms with E-state index >= 15 is 0 Å². The molecule has 0 aromatic rings. The molecule has 1 saturated heterocycles. The lowest BCUT2D eigenvalue weighted by atomic mass is 10.00. The van der Waals surface area contributed by atoms with Crippen molar-refractivity contribution >= 4 is 11.8 Å². The monoisotopic (exact) mass is 185 g/mol. The van der Waals surface area contributed by atoms with Gasteiger partial charge in [-0.15, -0.1) is 0 Å². The third-order valence-electron chi connectivity index (χ3n) is 3.26. The second-order valence-electron chi connectivity index (χ2n) is 4.52. The maximum absolute atomic E-state index is 3.81. The summed E-state index contributed by atoms with van der Waals surface area (Å²) >= 11 is 2.12. The third kappa shape index (κ3) is 1.80. The number of nitrogens with one attached hydrogen (secondary N) is 1. The molecule has 2 atom stereocenters. The van der Waals surface area contributed by atoms with E-state index in [1.54, 1.807) is 0 Å². The molecule has 1 aliphatic carbocycles. The predicted octanol–water partition coefficient (Wildman–Crippen LogP) is 2.27. The third-order valence-corrected chi connectivity index (χ3v) is 4.52. The molecule has 0 aromatic heterocycles. The van der Waals surface area contributed by atoms with E-state index in [0.717, 1.165) is 12.0 Å². The Bertz CT molecular complexity index is 165. The van der Waals surface area contributed by atoms with Crippen molar-refractivity contribution < 1.29 is 0 Å². The lowest BCUT2D eigenvalue weighted by Gasteiger charge is -2.23. The van der Waals surface area contributed by atoms with E-state index in [1.807, 2.05) is 0 Å². The highest BCUT2D eigenvalue weighted by Crippen LogP contribution is 2.38. The van der Waals surface area contributed by atoms with E-state index in [-0.39, 0.29) is 0 Å². The number of rotatable bonds is 3. The Balaban J connectivity index is 1.85. The zero-order valence-corrected chi connectivity index (χ0v) is 8.91. The summed E-state index contributed by atoms with van der Waals surface area (Å²) in [6.45, 7) is 4.68. The lowest BCUT2D eigenvalue weighted by molar-refractivity contribution is 0.368. The molecule has 2 rings (SSSR count). The van der Waals surface area contributed by atoms with Crippen LogP contribution >= 0.6 is 11.8 Å². The van der Waals surface area contributed by atoms with E-state index in [1.165, 1.54) is 30.8 Å². The van der Waals surface area contributed by atoms with Gasteiger partial charge in [0.25, 0.3) is 0 Å². The quantitative estimate of drug-likeness (QED) is 0.724. The summed E-state index contributed by atoms with van der Waals surface area (Å²) in [5, 5.41) is 3.81. The van der Waals surface area contributed by atoms with Gasteiger partial charge in [0.05, 0.1) is 0 Å². The molecule has 2 fully saturated rings. The van der Waals surface area contributed by atoms with Gasteiger partial charge in [-0.1, -0.05) is 13.3 Å². The van der Waals surface area contributed by atoms with Crippen LogP contribution in [0, 0.1) is 5.92 Å². The molecule has 70 valence electrons. The molecule has 2 aliphatic rings. The van der Waals surface area contributed by atoms with Gasteiger partial charge in [-0.25, -0.2) is 0 Å². The average molecular weight is 185 g/mol. The first-order valence-corrected chi connectivity index (χ1v) is 6.24. The summed E-state index contributed by atoms with van der Waals surface area (Å²) in [5.41, 5.74) is 0.531. The minimum atomic E-state index is 0.531. The van der Waals surface area contributed by atoms with Gasteiger partial charge >= 0.3 is 0 Å². The zero-order chi connectivity index (χ0) is 8.60. The molecule has 0 spiro atoms. The maximum Gasteiger partial charge on any atom is 0.0199 e. The van der Waals surface area contributed by atoms with Crippen molar-refractivity contribution in [2.75, 3.05) is 11.5 Å². The lowest BCUT2D eigenvalue weighted by Crippen LogP contribution is -2.42. The van der Waals surface area contributed by atoms with E-state index in [2.05, 4.69) is 30.9 Å². The second kappa shape index (κ2) is 3.22. The molecule has 2 heteroatoms. The minimum absolute atomic E-state index is 0.531. The summed E-state index contributed by atoms with van der Waals surface area (Å²) in [5.74, 6) is 3.66. The first-order valence-electron chi connectivity index (χ1n) is 5.09. The Morgan fingerprint density at radius 2 is 2.17 bits per heavy atom. The molecule has 1 saturated carbocycles. The molecular formula is C10H19NS. The van der Waals surface area contributed by atoms with Gasteiger partial charge in [0.2, 0.25) is 0 Å². The van der Waals surface area contributed by atoms with Crippen LogP contribution in [0.1, 0.15) is 33.1 Å². The Hall–Kier alpha value is 0.310. The molecular weight excluding hydrogens is 166 g/mol. The number of hydrogen-bond donors (Lipinski definition) is 1. The van der Waals surface area contributed by atoms with Crippen LogP contribution < -0.4 is 5.32 Å². The predicted molar refractivity (Wildman–Crippen MR) is 55.7 cm³/mol. The summed E-state index contributed by atoms with van der Waals surface area (Å²) in [6, 6.07) is 0.812. The Morgan fingerprint density at radius 3 is 2.75 bits per heavy atom. The van der Waals surface area contributed by atoms with Gasteiger partial charge in [-0.3, -0.25) is 0 Å². The highest BCUT2D eigenvalue weighted by Gasteiger charge is 2.41. The van der Waals surface area contributed by atoms with Crippen LogP contribution in [-0.4, -0.2) is 23.1 Å². The van der Waals surface area contributed by atoms with Crippen LogP contribution in [-0.2, 0) is 0 Å². The van der Waals surface area contributed by atoms with Crippen molar-refractivity contribution in [3.05, 3.63) is 0 Å². The van der Waals surface area contributed by atoms with E-state index in [4.69, 9.17) is 0 Å². The largest absolute Gasteiger partial charge is 0.308 e. The molecule has 1 aliphatic heterocycles. The Labute approximate surface area is 79.7 Å². The van der Waals surface area contributed by atoms with Crippen molar-refractivity contribution in [1.29, 1.82) is 0 Å². The molecule has 2 unspecified atom stereocenters. The fourth-order valence-electron chi connectivity index (χ4n) is 1.94. The van der Waals surface area contributed by atoms with Crippen molar-refractivity contribution in [3.8, 4) is 0 Å². The van der Waals surface area contributed by atoms with Gasteiger partial charge in [0.15, 0.2) is 0 Å². The molecule has 1 N–H and O–H groups in total. The number of hydrogen-bond acceptors (Lipinski definition) is 2. The van der Waals surface area contributed by atoms with Crippen molar-refractivity contribution in [1.82, 2.24) is 5.32 Å². The molecule has 0 aromatic carbocycles. The van der Waals surface area contributed by atoms with Crippen molar-refractivity contribution in [2.24, 2.45) is 5.92 Å². The van der Waals surface area contributed by atoms with Crippen LogP contribution in [0.3, 0.4) is 0 Å². The molecule has 1 nitrogen and oxygen atoms in total. The second-order valence-corrected chi connectivity index (χ2v) is 5.59. The van der Waals surface area contributed by atoms with E-state index in [9.17, 15) is 0 Å². The van der Waals surface area contributed by atoms with Crippen LogP contribution in [0.25, 0.3) is 0 Å². The zero-order valence-electron chi connectivity index (χ0n) is 8.10. The summed E-state index contributed by atoms with van der Waals surface area (Å²) in [7, 11) is 0. The van der Waals surface area contributed by atoms with Gasteiger partial charge < -0.3 is 5.32 Å². The molecule has 0 bridgehead atoms. The summed E-state index contributed by atoms with van der Waals surface area (Å²) in [6.07, 6.45) is 4.13. The highest BCUT2D eigenvalue weighted by atomic mass is 32.2. The normalized spacial score (nSPS) is 38.5. The van der Waals surface area contributed by atoms with Gasteiger partial charge in [-0.2, -0.15) is 11.8 Å². The Morgan fingerprint density at radius 1 is 1.42 bits per heavy atom. The van der Waals surface area contributed by atoms with Crippen LogP contribution in [0.4, 0.5) is 0 Å². The highest BCUT2D eigenvalue weighted by molar-refractivity contribution is 7.99. The molecule has 0 amide bonds.